The molecule has 0 fully saturated rings. The summed E-state index contributed by atoms with van der Waals surface area (Å²) >= 11 is 0. The monoisotopic (exact) mass is 387 g/mol. The van der Waals surface area contributed by atoms with Crippen LogP contribution in [0.1, 0.15) is 22.3 Å². The number of hydrogen-bond donors (Lipinski definition) is 0. The summed E-state index contributed by atoms with van der Waals surface area (Å²) in [6.07, 6.45) is 1.59. The summed E-state index contributed by atoms with van der Waals surface area (Å²) in [6, 6.07) is 21.4. The van der Waals surface area contributed by atoms with Crippen LogP contribution in [0.5, 0.6) is 5.75 Å². The second-order valence-corrected chi connectivity index (χ2v) is 6.57. The van der Waals surface area contributed by atoms with Crippen molar-refractivity contribution in [1.82, 2.24) is 0 Å². The Hall–Kier alpha value is -3.73. The van der Waals surface area contributed by atoms with Crippen LogP contribution in [0.15, 0.2) is 83.5 Å². The first kappa shape index (κ1) is 18.6. The van der Waals surface area contributed by atoms with Crippen molar-refractivity contribution < 1.29 is 18.7 Å². The number of aryl methyl sites for hydroxylation is 1. The zero-order chi connectivity index (χ0) is 20.2. The molecule has 0 aliphatic carbocycles. The Kier molecular flexibility index (Phi) is 5.20. The van der Waals surface area contributed by atoms with Crippen LogP contribution in [-0.2, 0) is 16.1 Å². The van der Waals surface area contributed by atoms with Gasteiger partial charge in [-0.15, -0.1) is 0 Å². The summed E-state index contributed by atoms with van der Waals surface area (Å²) in [7, 11) is 0. The molecule has 144 valence electrons. The van der Waals surface area contributed by atoms with Crippen LogP contribution in [0.25, 0.3) is 6.08 Å². The van der Waals surface area contributed by atoms with Gasteiger partial charge in [0.05, 0.1) is 5.56 Å². The predicted octanol–water partition coefficient (Wildman–Crippen LogP) is 5.06. The number of benzene rings is 3. The van der Waals surface area contributed by atoms with Gasteiger partial charge in [-0.25, -0.2) is 14.2 Å². The molecule has 0 aromatic heterocycles. The Morgan fingerprint density at radius 2 is 1.72 bits per heavy atom. The number of esters is 1. The molecule has 0 spiro atoms. The number of carbonyl (C=O) groups is 1. The zero-order valence-corrected chi connectivity index (χ0v) is 15.8. The third-order valence-corrected chi connectivity index (χ3v) is 4.58. The van der Waals surface area contributed by atoms with Crippen molar-refractivity contribution in [1.29, 1.82) is 0 Å². The van der Waals surface area contributed by atoms with E-state index in [1.807, 2.05) is 55.5 Å². The summed E-state index contributed by atoms with van der Waals surface area (Å²) in [5.74, 6) is -0.553. The van der Waals surface area contributed by atoms with Gasteiger partial charge in [-0.2, -0.15) is 0 Å². The van der Waals surface area contributed by atoms with Crippen LogP contribution in [0, 0.1) is 12.7 Å². The fourth-order valence-electron chi connectivity index (χ4n) is 2.97. The van der Waals surface area contributed by atoms with Gasteiger partial charge in [-0.3, -0.25) is 0 Å². The van der Waals surface area contributed by atoms with Crippen LogP contribution in [0.4, 0.5) is 4.39 Å². The van der Waals surface area contributed by atoms with Crippen LogP contribution in [0.3, 0.4) is 0 Å². The van der Waals surface area contributed by atoms with Crippen molar-refractivity contribution in [2.24, 2.45) is 4.99 Å². The van der Waals surface area contributed by atoms with E-state index in [0.29, 0.717) is 17.9 Å². The van der Waals surface area contributed by atoms with Crippen LogP contribution >= 0.6 is 0 Å². The van der Waals surface area contributed by atoms with Gasteiger partial charge in [0.25, 0.3) is 0 Å². The van der Waals surface area contributed by atoms with Gasteiger partial charge in [0.2, 0.25) is 5.90 Å². The lowest BCUT2D eigenvalue weighted by Gasteiger charge is -2.11. The molecule has 0 N–H and O–H groups in total. The maximum absolute atomic E-state index is 14.0. The first-order chi connectivity index (χ1) is 14.1. The van der Waals surface area contributed by atoms with Crippen molar-refractivity contribution in [2.45, 2.75) is 13.5 Å². The van der Waals surface area contributed by atoms with E-state index in [9.17, 15) is 9.18 Å². The molecule has 4 nitrogen and oxygen atoms in total. The Bertz CT molecular complexity index is 1130. The summed E-state index contributed by atoms with van der Waals surface area (Å²) in [5.41, 5.74) is 3.15. The molecule has 0 unspecified atom stereocenters. The minimum absolute atomic E-state index is 0.0438. The number of rotatable bonds is 5. The van der Waals surface area contributed by atoms with E-state index in [4.69, 9.17) is 9.47 Å². The van der Waals surface area contributed by atoms with E-state index in [0.717, 1.165) is 11.1 Å². The van der Waals surface area contributed by atoms with E-state index < -0.39 is 11.8 Å². The fraction of sp³-hybridized carbons (Fsp3) is 0.0833. The van der Waals surface area contributed by atoms with E-state index in [1.165, 1.54) is 12.1 Å². The standard InChI is InChI=1S/C24H18FNO3/c1-16-8-2-3-10-18(16)15-28-22-13-7-4-9-17(22)14-21-24(27)29-23(26-21)19-11-5-6-12-20(19)25/h2-14H,15H2,1H3/b21-14-. The predicted molar refractivity (Wildman–Crippen MR) is 109 cm³/mol. The zero-order valence-electron chi connectivity index (χ0n) is 15.8. The average Bonchev–Trinajstić information content (AvgIpc) is 3.09. The molecule has 0 amide bonds. The summed E-state index contributed by atoms with van der Waals surface area (Å²) < 4.78 is 25.1. The second-order valence-electron chi connectivity index (χ2n) is 6.57. The van der Waals surface area contributed by atoms with E-state index in [1.54, 1.807) is 18.2 Å². The Morgan fingerprint density at radius 3 is 2.55 bits per heavy atom. The molecule has 3 aromatic carbocycles. The minimum Gasteiger partial charge on any atom is -0.488 e. The number of cyclic esters (lactones) is 1. The quantitative estimate of drug-likeness (QED) is 0.454. The lowest BCUT2D eigenvalue weighted by atomic mass is 10.1. The molecule has 29 heavy (non-hydrogen) atoms. The van der Waals surface area contributed by atoms with Gasteiger partial charge in [-0.1, -0.05) is 54.6 Å². The lowest BCUT2D eigenvalue weighted by molar-refractivity contribution is -0.129. The highest BCUT2D eigenvalue weighted by Gasteiger charge is 2.26. The largest absolute Gasteiger partial charge is 0.488 e. The Morgan fingerprint density at radius 1 is 1.00 bits per heavy atom. The molecule has 0 atom stereocenters. The third kappa shape index (κ3) is 4.09. The molecule has 1 aliphatic heterocycles. The molecule has 1 aliphatic rings. The molecule has 0 saturated heterocycles. The normalized spacial score (nSPS) is 14.6. The number of para-hydroxylation sites is 1. The minimum atomic E-state index is -0.628. The van der Waals surface area contributed by atoms with Gasteiger partial charge in [0, 0.05) is 5.56 Å². The molecule has 0 saturated carbocycles. The molecule has 0 radical (unpaired) electrons. The summed E-state index contributed by atoms with van der Waals surface area (Å²) in [4.78, 5) is 16.4. The van der Waals surface area contributed by atoms with Crippen molar-refractivity contribution in [3.8, 4) is 5.75 Å². The summed E-state index contributed by atoms with van der Waals surface area (Å²) in [5, 5.41) is 0. The van der Waals surface area contributed by atoms with E-state index >= 15 is 0 Å². The maximum Gasteiger partial charge on any atom is 0.363 e. The van der Waals surface area contributed by atoms with Gasteiger partial charge in [0.15, 0.2) is 5.70 Å². The number of hydrogen-bond acceptors (Lipinski definition) is 4. The Balaban J connectivity index is 1.61. The molecule has 0 bridgehead atoms. The highest BCUT2D eigenvalue weighted by atomic mass is 19.1. The molecular weight excluding hydrogens is 369 g/mol. The van der Waals surface area contributed by atoms with Crippen molar-refractivity contribution >= 4 is 17.9 Å². The van der Waals surface area contributed by atoms with Gasteiger partial charge in [0.1, 0.15) is 18.2 Å². The lowest BCUT2D eigenvalue weighted by Crippen LogP contribution is -2.07. The van der Waals surface area contributed by atoms with Crippen LogP contribution in [0.2, 0.25) is 0 Å². The SMILES string of the molecule is Cc1ccccc1COc1ccccc1/C=C1\N=C(c2ccccc2F)OC1=O. The smallest absolute Gasteiger partial charge is 0.363 e. The van der Waals surface area contributed by atoms with E-state index in [-0.39, 0.29) is 17.2 Å². The van der Waals surface area contributed by atoms with Crippen molar-refractivity contribution in [3.63, 3.8) is 0 Å². The number of aliphatic imine (C=N–C) groups is 1. The first-order valence-corrected chi connectivity index (χ1v) is 9.15. The topological polar surface area (TPSA) is 47.9 Å². The molecule has 4 rings (SSSR count). The number of carbonyl (C=O) groups excluding carboxylic acids is 1. The van der Waals surface area contributed by atoms with Crippen LogP contribution in [-0.4, -0.2) is 11.9 Å². The van der Waals surface area contributed by atoms with Crippen molar-refractivity contribution in [3.05, 3.63) is 107 Å². The maximum atomic E-state index is 14.0. The Labute approximate surface area is 167 Å². The van der Waals surface area contributed by atoms with Gasteiger partial charge >= 0.3 is 5.97 Å². The molecule has 1 heterocycles. The average molecular weight is 387 g/mol. The third-order valence-electron chi connectivity index (χ3n) is 4.58. The molecule has 3 aromatic rings. The number of ether oxygens (including phenoxy) is 2. The highest BCUT2D eigenvalue weighted by molar-refractivity contribution is 6.13. The van der Waals surface area contributed by atoms with Gasteiger partial charge in [-0.05, 0) is 42.3 Å². The second kappa shape index (κ2) is 8.10. The number of halogens is 1. The number of nitrogens with zero attached hydrogens (tertiary/aromatic N) is 1. The summed E-state index contributed by atoms with van der Waals surface area (Å²) in [6.45, 7) is 2.43. The van der Waals surface area contributed by atoms with Crippen molar-refractivity contribution in [2.75, 3.05) is 0 Å². The van der Waals surface area contributed by atoms with E-state index in [2.05, 4.69) is 4.99 Å². The molecular formula is C24H18FNO3. The van der Waals surface area contributed by atoms with Gasteiger partial charge < -0.3 is 9.47 Å². The highest BCUT2D eigenvalue weighted by Crippen LogP contribution is 2.26. The van der Waals surface area contributed by atoms with Crippen LogP contribution < -0.4 is 4.74 Å². The fourth-order valence-corrected chi connectivity index (χ4v) is 2.97. The first-order valence-electron chi connectivity index (χ1n) is 9.15. The molecule has 5 heteroatoms.